The molecule has 0 fully saturated rings. The van der Waals surface area contributed by atoms with Gasteiger partial charge in [0.1, 0.15) is 18.5 Å². The molecule has 1 aromatic carbocycles. The zero-order valence-corrected chi connectivity index (χ0v) is 9.88. The minimum Gasteiger partial charge on any atom is -0.491 e. The van der Waals surface area contributed by atoms with Crippen molar-refractivity contribution in [1.29, 1.82) is 0 Å². The Bertz CT molecular complexity index is 297. The predicted molar refractivity (Wildman–Crippen MR) is 65.1 cm³/mol. The van der Waals surface area contributed by atoms with E-state index in [1.807, 2.05) is 24.3 Å². The van der Waals surface area contributed by atoms with E-state index >= 15 is 0 Å². The molecule has 0 saturated heterocycles. The number of rotatable bonds is 8. The number of ether oxygens (including phenoxy) is 1. The quantitative estimate of drug-likeness (QED) is 0.586. The summed E-state index contributed by atoms with van der Waals surface area (Å²) in [6.07, 6.45) is 1.90. The van der Waals surface area contributed by atoms with Gasteiger partial charge in [0.2, 0.25) is 0 Å². The monoisotopic (exact) mass is 240 g/mol. The lowest BCUT2D eigenvalue weighted by Crippen LogP contribution is -2.21. The second-order valence-corrected chi connectivity index (χ2v) is 3.97. The zero-order valence-electron chi connectivity index (χ0n) is 9.88. The number of benzene rings is 1. The third kappa shape index (κ3) is 5.68. The van der Waals surface area contributed by atoms with Crippen molar-refractivity contribution in [3.05, 3.63) is 29.8 Å². The third-order valence-corrected chi connectivity index (χ3v) is 2.45. The Hall–Kier alpha value is -1.10. The molecular weight excluding hydrogens is 220 g/mol. The minimum absolute atomic E-state index is 0.0976. The molecule has 0 spiro atoms. The highest BCUT2D eigenvalue weighted by Crippen LogP contribution is 2.14. The van der Waals surface area contributed by atoms with Crippen LogP contribution in [0, 0.1) is 0 Å². The van der Waals surface area contributed by atoms with E-state index in [-0.39, 0.29) is 19.8 Å². The van der Waals surface area contributed by atoms with Gasteiger partial charge < -0.3 is 20.1 Å². The first kappa shape index (κ1) is 14.0. The van der Waals surface area contributed by atoms with Crippen molar-refractivity contribution in [2.24, 2.45) is 0 Å². The second kappa shape index (κ2) is 8.06. The van der Waals surface area contributed by atoms with Crippen molar-refractivity contribution in [1.82, 2.24) is 0 Å². The SMILES string of the molecule is OCCCCc1ccc(OCC(O)CO)cc1. The average Bonchev–Trinajstić information content (AvgIpc) is 2.37. The summed E-state index contributed by atoms with van der Waals surface area (Å²) in [5.41, 5.74) is 1.20. The molecule has 0 saturated carbocycles. The van der Waals surface area contributed by atoms with Crippen LogP contribution in [0.25, 0.3) is 0 Å². The normalized spacial score (nSPS) is 12.4. The fraction of sp³-hybridized carbons (Fsp3) is 0.538. The first-order chi connectivity index (χ1) is 8.26. The molecule has 0 aliphatic rings. The number of hydrogen-bond acceptors (Lipinski definition) is 4. The number of aryl methyl sites for hydroxylation is 1. The Labute approximate surface area is 101 Å². The van der Waals surface area contributed by atoms with Gasteiger partial charge in [0.15, 0.2) is 0 Å². The molecule has 1 unspecified atom stereocenters. The van der Waals surface area contributed by atoms with Gasteiger partial charge >= 0.3 is 0 Å². The molecule has 1 rings (SSSR count). The van der Waals surface area contributed by atoms with Gasteiger partial charge in [-0.15, -0.1) is 0 Å². The van der Waals surface area contributed by atoms with Crippen LogP contribution in [-0.2, 0) is 6.42 Å². The molecule has 0 heterocycles. The van der Waals surface area contributed by atoms with Crippen molar-refractivity contribution in [2.45, 2.75) is 25.4 Å². The molecule has 3 N–H and O–H groups in total. The Morgan fingerprint density at radius 2 is 1.76 bits per heavy atom. The third-order valence-electron chi connectivity index (χ3n) is 2.45. The van der Waals surface area contributed by atoms with Crippen molar-refractivity contribution in [2.75, 3.05) is 19.8 Å². The van der Waals surface area contributed by atoms with E-state index in [2.05, 4.69) is 0 Å². The van der Waals surface area contributed by atoms with Gasteiger partial charge in [-0.1, -0.05) is 12.1 Å². The van der Waals surface area contributed by atoms with E-state index in [0.717, 1.165) is 19.3 Å². The van der Waals surface area contributed by atoms with Crippen LogP contribution in [0.15, 0.2) is 24.3 Å². The van der Waals surface area contributed by atoms with E-state index in [1.165, 1.54) is 5.56 Å². The molecule has 0 amide bonds. The van der Waals surface area contributed by atoms with Crippen LogP contribution in [0.3, 0.4) is 0 Å². The molecular formula is C13H20O4. The maximum Gasteiger partial charge on any atom is 0.119 e. The molecule has 4 nitrogen and oxygen atoms in total. The summed E-state index contributed by atoms with van der Waals surface area (Å²) in [7, 11) is 0. The zero-order chi connectivity index (χ0) is 12.5. The second-order valence-electron chi connectivity index (χ2n) is 3.97. The molecule has 4 heteroatoms. The van der Waals surface area contributed by atoms with Crippen LogP contribution in [0.2, 0.25) is 0 Å². The van der Waals surface area contributed by atoms with E-state index in [9.17, 15) is 0 Å². The van der Waals surface area contributed by atoms with Gasteiger partial charge in [-0.05, 0) is 37.0 Å². The first-order valence-electron chi connectivity index (χ1n) is 5.87. The maximum atomic E-state index is 9.12. The standard InChI is InChI=1S/C13H20O4/c14-8-2-1-3-11-4-6-13(7-5-11)17-10-12(16)9-15/h4-7,12,14-16H,1-3,8-10H2. The van der Waals surface area contributed by atoms with Gasteiger partial charge in [0.25, 0.3) is 0 Å². The summed E-state index contributed by atoms with van der Waals surface area (Å²) in [5.74, 6) is 0.684. The van der Waals surface area contributed by atoms with Crippen LogP contribution >= 0.6 is 0 Å². The smallest absolute Gasteiger partial charge is 0.119 e. The molecule has 0 aromatic heterocycles. The van der Waals surface area contributed by atoms with Crippen LogP contribution in [0.1, 0.15) is 18.4 Å². The van der Waals surface area contributed by atoms with E-state index < -0.39 is 6.10 Å². The predicted octanol–water partition coefficient (Wildman–Crippen LogP) is 0.734. The molecule has 0 bridgehead atoms. The van der Waals surface area contributed by atoms with Crippen molar-refractivity contribution < 1.29 is 20.1 Å². The van der Waals surface area contributed by atoms with Crippen LogP contribution in [-0.4, -0.2) is 41.2 Å². The lowest BCUT2D eigenvalue weighted by Gasteiger charge is -2.10. The van der Waals surface area contributed by atoms with Gasteiger partial charge in [-0.2, -0.15) is 0 Å². The van der Waals surface area contributed by atoms with Crippen LogP contribution in [0.5, 0.6) is 5.75 Å². The Kier molecular flexibility index (Phi) is 6.62. The number of aliphatic hydroxyl groups excluding tert-OH is 3. The number of hydrogen-bond donors (Lipinski definition) is 3. The minimum atomic E-state index is -0.834. The van der Waals surface area contributed by atoms with Crippen LogP contribution in [0.4, 0.5) is 0 Å². The van der Waals surface area contributed by atoms with E-state index in [4.69, 9.17) is 20.1 Å². The van der Waals surface area contributed by atoms with Gasteiger partial charge in [-0.3, -0.25) is 0 Å². The highest BCUT2D eigenvalue weighted by Gasteiger charge is 2.02. The van der Waals surface area contributed by atoms with Crippen molar-refractivity contribution in [3.8, 4) is 5.75 Å². The molecule has 96 valence electrons. The Morgan fingerprint density at radius 3 is 2.35 bits per heavy atom. The fourth-order valence-electron chi connectivity index (χ4n) is 1.44. The highest BCUT2D eigenvalue weighted by atomic mass is 16.5. The summed E-state index contributed by atoms with van der Waals surface area (Å²) < 4.78 is 5.29. The first-order valence-corrected chi connectivity index (χ1v) is 5.87. The molecule has 0 radical (unpaired) electrons. The summed E-state index contributed by atoms with van der Waals surface area (Å²) in [5, 5.41) is 26.4. The van der Waals surface area contributed by atoms with Crippen LogP contribution < -0.4 is 4.74 Å². The molecule has 0 aliphatic heterocycles. The fourth-order valence-corrected chi connectivity index (χ4v) is 1.44. The number of aliphatic hydroxyl groups is 3. The van der Waals surface area contributed by atoms with Crippen molar-refractivity contribution in [3.63, 3.8) is 0 Å². The molecule has 1 aromatic rings. The lowest BCUT2D eigenvalue weighted by molar-refractivity contribution is 0.0536. The van der Waals surface area contributed by atoms with Crippen molar-refractivity contribution >= 4 is 0 Å². The topological polar surface area (TPSA) is 69.9 Å². The maximum absolute atomic E-state index is 9.12. The molecule has 0 aliphatic carbocycles. The van der Waals surface area contributed by atoms with Gasteiger partial charge in [0.05, 0.1) is 6.61 Å². The Morgan fingerprint density at radius 1 is 1.06 bits per heavy atom. The summed E-state index contributed by atoms with van der Waals surface area (Å²) in [4.78, 5) is 0. The molecule has 17 heavy (non-hydrogen) atoms. The van der Waals surface area contributed by atoms with E-state index in [1.54, 1.807) is 0 Å². The summed E-state index contributed by atoms with van der Waals surface area (Å²) in [6.45, 7) is 0.0415. The summed E-state index contributed by atoms with van der Waals surface area (Å²) >= 11 is 0. The molecule has 1 atom stereocenters. The average molecular weight is 240 g/mol. The van der Waals surface area contributed by atoms with Gasteiger partial charge in [-0.25, -0.2) is 0 Å². The summed E-state index contributed by atoms with van der Waals surface area (Å²) in [6, 6.07) is 7.63. The Balaban J connectivity index is 2.34. The number of unbranched alkanes of at least 4 members (excludes halogenated alkanes) is 1. The lowest BCUT2D eigenvalue weighted by atomic mass is 10.1. The van der Waals surface area contributed by atoms with Gasteiger partial charge in [0, 0.05) is 6.61 Å². The largest absolute Gasteiger partial charge is 0.491 e. The van der Waals surface area contributed by atoms with E-state index in [0.29, 0.717) is 5.75 Å². The highest BCUT2D eigenvalue weighted by molar-refractivity contribution is 5.27.